The van der Waals surface area contributed by atoms with E-state index in [0.29, 0.717) is 16.3 Å². The van der Waals surface area contributed by atoms with E-state index in [4.69, 9.17) is 25.8 Å². The van der Waals surface area contributed by atoms with Gasteiger partial charge < -0.3 is 14.2 Å². The van der Waals surface area contributed by atoms with Crippen LogP contribution in [0.4, 0.5) is 0 Å². The van der Waals surface area contributed by atoms with Gasteiger partial charge in [0.1, 0.15) is 17.2 Å². The number of hydrogen-bond acceptors (Lipinski definition) is 7. The molecule has 0 unspecified atom stereocenters. The third kappa shape index (κ3) is 7.08. The van der Waals surface area contributed by atoms with Crippen LogP contribution in [0, 0.1) is 0 Å². The van der Waals surface area contributed by atoms with Crippen molar-refractivity contribution in [2.45, 2.75) is 13.8 Å². The summed E-state index contributed by atoms with van der Waals surface area (Å²) in [5.74, 6) is -0.790. The number of hydrazone groups is 1. The molecule has 9 heteroatoms. The zero-order valence-electron chi connectivity index (χ0n) is 15.1. The number of amides is 1. The molecule has 2 aromatic carbocycles. The van der Waals surface area contributed by atoms with Crippen molar-refractivity contribution in [3.8, 4) is 17.2 Å². The molecule has 0 aliphatic rings. The van der Waals surface area contributed by atoms with Crippen LogP contribution in [-0.2, 0) is 14.4 Å². The van der Waals surface area contributed by atoms with E-state index in [9.17, 15) is 14.4 Å². The van der Waals surface area contributed by atoms with Gasteiger partial charge in [-0.15, -0.1) is 0 Å². The summed E-state index contributed by atoms with van der Waals surface area (Å²) in [7, 11) is 0. The lowest BCUT2D eigenvalue weighted by atomic mass is 10.2. The Balaban J connectivity index is 1.98. The van der Waals surface area contributed by atoms with E-state index in [1.165, 1.54) is 38.3 Å². The Morgan fingerprint density at radius 2 is 1.79 bits per heavy atom. The molecule has 0 radical (unpaired) electrons. The molecule has 1 amide bonds. The minimum Gasteiger partial charge on any atom is -0.484 e. The molecule has 0 saturated heterocycles. The second-order valence-electron chi connectivity index (χ2n) is 5.43. The lowest BCUT2D eigenvalue weighted by Gasteiger charge is -2.08. The molecule has 0 fully saturated rings. The fraction of sp³-hybridized carbons (Fsp3) is 0.158. The van der Waals surface area contributed by atoms with Crippen molar-refractivity contribution in [1.29, 1.82) is 0 Å². The number of carbonyl (C=O) groups excluding carboxylic acids is 3. The summed E-state index contributed by atoms with van der Waals surface area (Å²) in [5.41, 5.74) is 2.68. The highest BCUT2D eigenvalue weighted by Crippen LogP contribution is 2.24. The SMILES string of the molecule is CC(=O)Oc1ccc(/C=N\NC(=O)COc2cccc(Cl)c2)c(OC(C)=O)c1. The van der Waals surface area contributed by atoms with Crippen molar-refractivity contribution in [2.24, 2.45) is 5.10 Å². The Kier molecular flexibility index (Phi) is 7.53. The fourth-order valence-corrected chi connectivity index (χ4v) is 2.19. The molecule has 0 aliphatic heterocycles. The minimum absolute atomic E-state index is 0.124. The number of nitrogens with zero attached hydrogens (tertiary/aromatic N) is 1. The lowest BCUT2D eigenvalue weighted by Crippen LogP contribution is -2.24. The van der Waals surface area contributed by atoms with Crippen molar-refractivity contribution in [2.75, 3.05) is 6.61 Å². The van der Waals surface area contributed by atoms with Gasteiger partial charge in [-0.05, 0) is 30.3 Å². The number of benzene rings is 2. The van der Waals surface area contributed by atoms with Crippen LogP contribution < -0.4 is 19.6 Å². The molecule has 2 rings (SSSR count). The molecule has 0 saturated carbocycles. The van der Waals surface area contributed by atoms with E-state index < -0.39 is 17.8 Å². The number of nitrogens with one attached hydrogen (secondary N) is 1. The summed E-state index contributed by atoms with van der Waals surface area (Å²) >= 11 is 5.83. The summed E-state index contributed by atoms with van der Waals surface area (Å²) in [4.78, 5) is 34.1. The van der Waals surface area contributed by atoms with Crippen LogP contribution in [0.25, 0.3) is 0 Å². The molecule has 0 spiro atoms. The summed E-state index contributed by atoms with van der Waals surface area (Å²) in [6, 6.07) is 11.0. The van der Waals surface area contributed by atoms with Gasteiger partial charge in [0, 0.05) is 30.5 Å². The number of esters is 2. The van der Waals surface area contributed by atoms with E-state index in [-0.39, 0.29) is 18.1 Å². The normalized spacial score (nSPS) is 10.4. The lowest BCUT2D eigenvalue weighted by molar-refractivity contribution is -0.132. The molecule has 0 heterocycles. The van der Waals surface area contributed by atoms with Crippen molar-refractivity contribution < 1.29 is 28.6 Å². The van der Waals surface area contributed by atoms with Crippen LogP contribution in [0.1, 0.15) is 19.4 Å². The zero-order valence-corrected chi connectivity index (χ0v) is 15.9. The van der Waals surface area contributed by atoms with Crippen molar-refractivity contribution >= 4 is 35.7 Å². The van der Waals surface area contributed by atoms with Gasteiger partial charge in [0.25, 0.3) is 5.91 Å². The summed E-state index contributed by atoms with van der Waals surface area (Å²) in [5, 5.41) is 4.29. The van der Waals surface area contributed by atoms with Crippen LogP contribution in [-0.4, -0.2) is 30.7 Å². The first-order valence-electron chi connectivity index (χ1n) is 8.04. The number of rotatable bonds is 7. The first-order chi connectivity index (χ1) is 13.3. The average molecular weight is 405 g/mol. The average Bonchev–Trinajstić information content (AvgIpc) is 2.61. The highest BCUT2D eigenvalue weighted by Gasteiger charge is 2.09. The molecule has 146 valence electrons. The maximum absolute atomic E-state index is 11.8. The Bertz CT molecular complexity index is 913. The second kappa shape index (κ2) is 10.1. The Labute approximate surface area is 166 Å². The molecule has 0 bridgehead atoms. The van der Waals surface area contributed by atoms with Crippen molar-refractivity contribution in [3.63, 3.8) is 0 Å². The van der Waals surface area contributed by atoms with Crippen LogP contribution in [0.3, 0.4) is 0 Å². The largest absolute Gasteiger partial charge is 0.484 e. The summed E-state index contributed by atoms with van der Waals surface area (Å²) in [6.07, 6.45) is 1.28. The smallest absolute Gasteiger partial charge is 0.308 e. The van der Waals surface area contributed by atoms with Crippen LogP contribution >= 0.6 is 11.6 Å². The highest BCUT2D eigenvalue weighted by molar-refractivity contribution is 6.30. The van der Waals surface area contributed by atoms with Gasteiger partial charge in [-0.2, -0.15) is 5.10 Å². The van der Waals surface area contributed by atoms with Crippen molar-refractivity contribution in [3.05, 3.63) is 53.1 Å². The molecule has 1 N–H and O–H groups in total. The summed E-state index contributed by atoms with van der Waals surface area (Å²) < 4.78 is 15.3. The number of hydrogen-bond donors (Lipinski definition) is 1. The molecule has 2 aromatic rings. The maximum Gasteiger partial charge on any atom is 0.308 e. The van der Waals surface area contributed by atoms with Gasteiger partial charge >= 0.3 is 11.9 Å². The fourth-order valence-electron chi connectivity index (χ4n) is 2.01. The van der Waals surface area contributed by atoms with E-state index in [0.717, 1.165) is 0 Å². The van der Waals surface area contributed by atoms with Gasteiger partial charge in [0.2, 0.25) is 0 Å². The molecule has 0 atom stereocenters. The number of carbonyl (C=O) groups is 3. The maximum atomic E-state index is 11.8. The van der Waals surface area contributed by atoms with Gasteiger partial charge in [0.15, 0.2) is 6.61 Å². The predicted molar refractivity (Wildman–Crippen MR) is 102 cm³/mol. The quantitative estimate of drug-likeness (QED) is 0.329. The number of ether oxygens (including phenoxy) is 3. The Morgan fingerprint density at radius 3 is 2.46 bits per heavy atom. The topological polar surface area (TPSA) is 103 Å². The van der Waals surface area contributed by atoms with Gasteiger partial charge in [-0.1, -0.05) is 17.7 Å². The molecule has 28 heavy (non-hydrogen) atoms. The monoisotopic (exact) mass is 404 g/mol. The molecular weight excluding hydrogens is 388 g/mol. The van der Waals surface area contributed by atoms with E-state index >= 15 is 0 Å². The Hall–Kier alpha value is -3.39. The van der Waals surface area contributed by atoms with Gasteiger partial charge in [-0.25, -0.2) is 5.43 Å². The van der Waals surface area contributed by atoms with E-state index in [1.807, 2.05) is 0 Å². The van der Waals surface area contributed by atoms with Crippen molar-refractivity contribution in [1.82, 2.24) is 5.43 Å². The van der Waals surface area contributed by atoms with E-state index in [2.05, 4.69) is 10.5 Å². The van der Waals surface area contributed by atoms with Crippen LogP contribution in [0.15, 0.2) is 47.6 Å². The first-order valence-corrected chi connectivity index (χ1v) is 8.42. The Morgan fingerprint density at radius 1 is 1.04 bits per heavy atom. The zero-order chi connectivity index (χ0) is 20.5. The number of halogens is 1. The van der Waals surface area contributed by atoms with Crippen LogP contribution in [0.2, 0.25) is 5.02 Å². The van der Waals surface area contributed by atoms with Crippen LogP contribution in [0.5, 0.6) is 17.2 Å². The standard InChI is InChI=1S/C19H17ClN2O6/c1-12(23)27-17-7-6-14(18(9-17)28-13(2)24)10-21-22-19(25)11-26-16-5-3-4-15(20)8-16/h3-10H,11H2,1-2H3,(H,22,25)/b21-10-. The van der Waals surface area contributed by atoms with Gasteiger partial charge in [0.05, 0.1) is 6.21 Å². The first kappa shape index (κ1) is 20.9. The predicted octanol–water partition coefficient (Wildman–Crippen LogP) is 2.72. The van der Waals surface area contributed by atoms with Gasteiger partial charge in [-0.3, -0.25) is 14.4 Å². The second-order valence-corrected chi connectivity index (χ2v) is 5.86. The molecule has 8 nitrogen and oxygen atoms in total. The summed E-state index contributed by atoms with van der Waals surface area (Å²) in [6.45, 7) is 2.22. The molecule has 0 aliphatic carbocycles. The third-order valence-electron chi connectivity index (χ3n) is 3.06. The third-order valence-corrected chi connectivity index (χ3v) is 3.29. The van der Waals surface area contributed by atoms with E-state index in [1.54, 1.807) is 24.3 Å². The highest BCUT2D eigenvalue weighted by atomic mass is 35.5. The minimum atomic E-state index is -0.561. The molecular formula is C19H17ClN2O6. The molecule has 0 aromatic heterocycles.